The Morgan fingerprint density at radius 3 is 2.61 bits per heavy atom. The van der Waals surface area contributed by atoms with Crippen LogP contribution in [0.25, 0.3) is 10.9 Å². The van der Waals surface area contributed by atoms with Crippen molar-refractivity contribution in [2.75, 3.05) is 0 Å². The number of primary amides is 1. The topological polar surface area (TPSA) is 65.1 Å². The molecular formula is C13H13ClN2O2. The monoisotopic (exact) mass is 264 g/mol. The van der Waals surface area contributed by atoms with Crippen LogP contribution >= 0.6 is 11.6 Å². The fourth-order valence-corrected chi connectivity index (χ4v) is 2.14. The number of Topliss-reactive ketones (excluding diaryl/α,β-unsaturated/α-hetero) is 1. The number of ketones is 1. The van der Waals surface area contributed by atoms with Crippen LogP contribution in [0.1, 0.15) is 30.2 Å². The molecular weight excluding hydrogens is 252 g/mol. The lowest BCUT2D eigenvalue weighted by molar-refractivity contribution is -0.120. The summed E-state index contributed by atoms with van der Waals surface area (Å²) in [4.78, 5) is 22.9. The van der Waals surface area contributed by atoms with E-state index in [4.69, 9.17) is 17.3 Å². The molecule has 0 fully saturated rings. The average Bonchev–Trinajstić information content (AvgIpc) is 2.66. The van der Waals surface area contributed by atoms with Gasteiger partial charge in [0.2, 0.25) is 5.91 Å². The van der Waals surface area contributed by atoms with Crippen LogP contribution in [0.15, 0.2) is 24.4 Å². The fourth-order valence-electron chi connectivity index (χ4n) is 1.97. The summed E-state index contributed by atoms with van der Waals surface area (Å²) >= 11 is 5.93. The van der Waals surface area contributed by atoms with E-state index in [-0.39, 0.29) is 5.78 Å². The molecule has 0 bridgehead atoms. The minimum absolute atomic E-state index is 0.0716. The minimum Gasteiger partial charge on any atom is -0.368 e. The van der Waals surface area contributed by atoms with Gasteiger partial charge in [-0.1, -0.05) is 11.6 Å². The normalized spacial score (nSPS) is 12.6. The quantitative estimate of drug-likeness (QED) is 0.866. The maximum absolute atomic E-state index is 11.6. The molecule has 0 aliphatic carbocycles. The second-order valence-corrected chi connectivity index (χ2v) is 4.68. The zero-order valence-electron chi connectivity index (χ0n) is 10.1. The fraction of sp³-hybridized carbons (Fsp3) is 0.231. The van der Waals surface area contributed by atoms with Gasteiger partial charge in [0, 0.05) is 27.7 Å². The largest absolute Gasteiger partial charge is 0.368 e. The molecule has 4 nitrogen and oxygen atoms in total. The van der Waals surface area contributed by atoms with Gasteiger partial charge >= 0.3 is 0 Å². The SMILES string of the molecule is CC(=O)c1cn(C(C)C(N)=O)c2ccc(Cl)cc12. The Morgan fingerprint density at radius 1 is 1.39 bits per heavy atom. The molecule has 0 spiro atoms. The molecule has 1 aromatic carbocycles. The predicted octanol–water partition coefficient (Wildman–Crippen LogP) is 2.54. The van der Waals surface area contributed by atoms with E-state index in [0.717, 1.165) is 10.9 Å². The molecule has 94 valence electrons. The third-order valence-electron chi connectivity index (χ3n) is 3.00. The standard InChI is InChI=1S/C13H13ClN2O2/c1-7(13(15)18)16-6-11(8(2)17)10-5-9(14)3-4-12(10)16/h3-7H,1-2H3,(H2,15,18). The summed E-state index contributed by atoms with van der Waals surface area (Å²) in [6, 6.07) is 4.71. The van der Waals surface area contributed by atoms with Gasteiger partial charge in [0.25, 0.3) is 0 Å². The molecule has 1 atom stereocenters. The van der Waals surface area contributed by atoms with Crippen LogP contribution in [0.5, 0.6) is 0 Å². The van der Waals surface area contributed by atoms with Gasteiger partial charge in [0.05, 0.1) is 0 Å². The Morgan fingerprint density at radius 2 is 2.06 bits per heavy atom. The van der Waals surface area contributed by atoms with E-state index in [9.17, 15) is 9.59 Å². The van der Waals surface area contributed by atoms with E-state index in [2.05, 4.69) is 0 Å². The van der Waals surface area contributed by atoms with Crippen molar-refractivity contribution < 1.29 is 9.59 Å². The highest BCUT2D eigenvalue weighted by atomic mass is 35.5. The summed E-state index contributed by atoms with van der Waals surface area (Å²) in [7, 11) is 0. The van der Waals surface area contributed by atoms with Gasteiger partial charge in [-0.3, -0.25) is 9.59 Å². The first-order valence-electron chi connectivity index (χ1n) is 5.52. The molecule has 2 rings (SSSR count). The Bertz CT molecular complexity index is 646. The molecule has 0 aliphatic heterocycles. The molecule has 0 saturated carbocycles. The highest BCUT2D eigenvalue weighted by Gasteiger charge is 2.18. The highest BCUT2D eigenvalue weighted by Crippen LogP contribution is 2.27. The summed E-state index contributed by atoms with van der Waals surface area (Å²) in [5.74, 6) is -0.519. The molecule has 0 saturated heterocycles. The van der Waals surface area contributed by atoms with Crippen LogP contribution in [-0.4, -0.2) is 16.3 Å². The zero-order valence-corrected chi connectivity index (χ0v) is 10.9. The van der Waals surface area contributed by atoms with Gasteiger partial charge in [-0.25, -0.2) is 0 Å². The van der Waals surface area contributed by atoms with E-state index >= 15 is 0 Å². The summed E-state index contributed by atoms with van der Waals surface area (Å²) in [6.07, 6.45) is 1.65. The van der Waals surface area contributed by atoms with Crippen molar-refractivity contribution in [3.63, 3.8) is 0 Å². The lowest BCUT2D eigenvalue weighted by Crippen LogP contribution is -2.23. The second kappa shape index (κ2) is 4.46. The van der Waals surface area contributed by atoms with Crippen molar-refractivity contribution in [3.8, 4) is 0 Å². The molecule has 1 heterocycles. The zero-order chi connectivity index (χ0) is 13.4. The van der Waals surface area contributed by atoms with Crippen molar-refractivity contribution in [3.05, 3.63) is 35.0 Å². The summed E-state index contributed by atoms with van der Waals surface area (Å²) < 4.78 is 1.70. The van der Waals surface area contributed by atoms with Crippen LogP contribution in [0.2, 0.25) is 5.02 Å². The minimum atomic E-state index is -0.512. The van der Waals surface area contributed by atoms with Crippen LogP contribution in [0, 0.1) is 0 Å². The average molecular weight is 265 g/mol. The summed E-state index contributed by atoms with van der Waals surface area (Å²) in [5, 5.41) is 1.29. The Hall–Kier alpha value is -1.81. The molecule has 1 amide bonds. The third-order valence-corrected chi connectivity index (χ3v) is 3.24. The van der Waals surface area contributed by atoms with Crippen LogP contribution in [0.3, 0.4) is 0 Å². The first-order valence-corrected chi connectivity index (χ1v) is 5.90. The summed E-state index contributed by atoms with van der Waals surface area (Å²) in [5.41, 5.74) is 6.62. The number of carbonyl (C=O) groups is 2. The number of halogens is 1. The number of amides is 1. The molecule has 18 heavy (non-hydrogen) atoms. The number of hydrogen-bond donors (Lipinski definition) is 1. The number of fused-ring (bicyclic) bond motifs is 1. The summed E-state index contributed by atoms with van der Waals surface area (Å²) in [6.45, 7) is 3.18. The maximum atomic E-state index is 11.6. The number of nitrogens with zero attached hydrogens (tertiary/aromatic N) is 1. The van der Waals surface area contributed by atoms with Gasteiger partial charge in [-0.05, 0) is 32.0 Å². The number of aromatic nitrogens is 1. The molecule has 0 aliphatic rings. The Kier molecular flexibility index (Phi) is 3.13. The molecule has 1 unspecified atom stereocenters. The smallest absolute Gasteiger partial charge is 0.240 e. The van der Waals surface area contributed by atoms with Gasteiger partial charge in [0.15, 0.2) is 5.78 Å². The molecule has 2 N–H and O–H groups in total. The Labute approximate surface area is 109 Å². The first kappa shape index (κ1) is 12.6. The molecule has 1 aromatic heterocycles. The van der Waals surface area contributed by atoms with Crippen LogP contribution < -0.4 is 5.73 Å². The van der Waals surface area contributed by atoms with E-state index in [1.807, 2.05) is 0 Å². The third kappa shape index (κ3) is 1.99. The van der Waals surface area contributed by atoms with E-state index in [1.54, 1.807) is 35.9 Å². The van der Waals surface area contributed by atoms with E-state index in [0.29, 0.717) is 10.6 Å². The highest BCUT2D eigenvalue weighted by molar-refractivity contribution is 6.31. The van der Waals surface area contributed by atoms with Gasteiger partial charge in [0.1, 0.15) is 6.04 Å². The number of nitrogens with two attached hydrogens (primary N) is 1. The molecule has 0 radical (unpaired) electrons. The van der Waals surface area contributed by atoms with Crippen molar-refractivity contribution >= 4 is 34.2 Å². The number of benzene rings is 1. The van der Waals surface area contributed by atoms with Crippen LogP contribution in [-0.2, 0) is 4.79 Å². The molecule has 5 heteroatoms. The van der Waals surface area contributed by atoms with Crippen molar-refractivity contribution in [1.82, 2.24) is 4.57 Å². The van der Waals surface area contributed by atoms with E-state index < -0.39 is 11.9 Å². The first-order chi connectivity index (χ1) is 8.41. The van der Waals surface area contributed by atoms with Gasteiger partial charge in [-0.15, -0.1) is 0 Å². The number of carbonyl (C=O) groups excluding carboxylic acids is 2. The van der Waals surface area contributed by atoms with Gasteiger partial charge < -0.3 is 10.3 Å². The van der Waals surface area contributed by atoms with E-state index in [1.165, 1.54) is 6.92 Å². The predicted molar refractivity (Wildman–Crippen MR) is 70.9 cm³/mol. The van der Waals surface area contributed by atoms with Crippen molar-refractivity contribution in [2.45, 2.75) is 19.9 Å². The lowest BCUT2D eigenvalue weighted by Gasteiger charge is -2.10. The Balaban J connectivity index is 2.76. The lowest BCUT2D eigenvalue weighted by atomic mass is 10.1. The van der Waals surface area contributed by atoms with Gasteiger partial charge in [-0.2, -0.15) is 0 Å². The number of hydrogen-bond acceptors (Lipinski definition) is 2. The van der Waals surface area contributed by atoms with Crippen LogP contribution in [0.4, 0.5) is 0 Å². The second-order valence-electron chi connectivity index (χ2n) is 4.25. The maximum Gasteiger partial charge on any atom is 0.240 e. The van der Waals surface area contributed by atoms with Crippen molar-refractivity contribution in [1.29, 1.82) is 0 Å². The van der Waals surface area contributed by atoms with Crippen molar-refractivity contribution in [2.24, 2.45) is 5.73 Å². The molecule has 2 aromatic rings. The number of rotatable bonds is 3.